The maximum absolute atomic E-state index is 12.4. The maximum Gasteiger partial charge on any atom is 0.238 e. The number of anilines is 1. The van der Waals surface area contributed by atoms with E-state index in [2.05, 4.69) is 29.4 Å². The second kappa shape index (κ2) is 5.43. The highest BCUT2D eigenvalue weighted by molar-refractivity contribution is 5.93. The Hall–Kier alpha value is -1.39. The first-order valence-electron chi connectivity index (χ1n) is 7.79. The zero-order valence-electron chi connectivity index (χ0n) is 13.1. The van der Waals surface area contributed by atoms with Gasteiger partial charge in [-0.05, 0) is 50.8 Å². The molecule has 2 heterocycles. The van der Waals surface area contributed by atoms with Gasteiger partial charge >= 0.3 is 0 Å². The molecule has 0 aromatic heterocycles. The summed E-state index contributed by atoms with van der Waals surface area (Å²) in [5.74, 6) is 1.43. The molecule has 2 aliphatic rings. The molecule has 0 radical (unpaired) electrons. The van der Waals surface area contributed by atoms with Crippen molar-refractivity contribution in [2.75, 3.05) is 31.5 Å². The summed E-state index contributed by atoms with van der Waals surface area (Å²) in [7, 11) is 0. The van der Waals surface area contributed by atoms with Gasteiger partial charge in [0.25, 0.3) is 0 Å². The van der Waals surface area contributed by atoms with Crippen molar-refractivity contribution in [3.05, 3.63) is 29.8 Å². The Balaban J connectivity index is 1.64. The topological polar surface area (TPSA) is 44.4 Å². The first-order valence-corrected chi connectivity index (χ1v) is 7.79. The Morgan fingerprint density at radius 3 is 2.86 bits per heavy atom. The number of hydrogen-bond acceptors (Lipinski definition) is 3. The van der Waals surface area contributed by atoms with Crippen LogP contribution < -0.4 is 10.6 Å². The number of para-hydroxylation sites is 1. The number of aryl methyl sites for hydroxylation is 1. The van der Waals surface area contributed by atoms with Gasteiger partial charge in [-0.25, -0.2) is 0 Å². The van der Waals surface area contributed by atoms with E-state index in [0.29, 0.717) is 18.4 Å². The highest BCUT2D eigenvalue weighted by atomic mass is 16.2. The number of nitrogens with one attached hydrogen (secondary N) is 2. The molecule has 4 nitrogen and oxygen atoms in total. The number of benzene rings is 1. The van der Waals surface area contributed by atoms with E-state index >= 15 is 0 Å². The lowest BCUT2D eigenvalue weighted by molar-refractivity contribution is -0.118. The summed E-state index contributed by atoms with van der Waals surface area (Å²) in [5, 5.41) is 6.52. The van der Waals surface area contributed by atoms with Crippen molar-refractivity contribution in [1.29, 1.82) is 0 Å². The zero-order valence-corrected chi connectivity index (χ0v) is 13.1. The highest BCUT2D eigenvalue weighted by Crippen LogP contribution is 2.40. The van der Waals surface area contributed by atoms with Crippen LogP contribution in [-0.2, 0) is 4.79 Å². The van der Waals surface area contributed by atoms with E-state index in [0.717, 1.165) is 30.9 Å². The second-order valence-corrected chi connectivity index (χ2v) is 6.92. The molecule has 0 spiro atoms. The van der Waals surface area contributed by atoms with Crippen LogP contribution in [0, 0.1) is 18.8 Å². The molecule has 2 fully saturated rings. The molecular weight excluding hydrogens is 262 g/mol. The third-order valence-electron chi connectivity index (χ3n) is 5.27. The van der Waals surface area contributed by atoms with E-state index in [1.165, 1.54) is 0 Å². The summed E-state index contributed by atoms with van der Waals surface area (Å²) in [4.78, 5) is 14.7. The molecule has 1 aromatic rings. The van der Waals surface area contributed by atoms with Crippen LogP contribution in [0.25, 0.3) is 0 Å². The summed E-state index contributed by atoms with van der Waals surface area (Å²) < 4.78 is 0. The van der Waals surface area contributed by atoms with Crippen molar-refractivity contribution in [1.82, 2.24) is 10.2 Å². The molecular formula is C17H25N3O. The number of nitrogens with zero attached hydrogens (tertiary/aromatic N) is 1. The molecule has 114 valence electrons. The normalized spacial score (nSPS) is 27.6. The number of fused-ring (bicyclic) bond motifs is 1. The quantitative estimate of drug-likeness (QED) is 0.892. The zero-order chi connectivity index (χ0) is 15.0. The molecule has 4 heteroatoms. The van der Waals surface area contributed by atoms with Gasteiger partial charge in [-0.3, -0.25) is 9.69 Å². The number of likely N-dealkylation sites (tertiary alicyclic amines) is 1. The Morgan fingerprint density at radius 1 is 1.38 bits per heavy atom. The molecule has 0 saturated carbocycles. The van der Waals surface area contributed by atoms with E-state index in [9.17, 15) is 4.79 Å². The molecule has 0 aliphatic carbocycles. The Morgan fingerprint density at radius 2 is 2.14 bits per heavy atom. The van der Waals surface area contributed by atoms with Gasteiger partial charge in [-0.2, -0.15) is 0 Å². The predicted molar refractivity (Wildman–Crippen MR) is 85.3 cm³/mol. The summed E-state index contributed by atoms with van der Waals surface area (Å²) in [6, 6.07) is 7.92. The molecule has 2 unspecified atom stereocenters. The van der Waals surface area contributed by atoms with Crippen molar-refractivity contribution < 1.29 is 4.79 Å². The Labute approximate surface area is 126 Å². The average molecular weight is 287 g/mol. The van der Waals surface area contributed by atoms with E-state index < -0.39 is 0 Å². The van der Waals surface area contributed by atoms with Gasteiger partial charge in [-0.15, -0.1) is 0 Å². The molecule has 2 N–H and O–H groups in total. The smallest absolute Gasteiger partial charge is 0.238 e. The third-order valence-corrected chi connectivity index (χ3v) is 5.27. The number of hydrogen-bond donors (Lipinski definition) is 2. The molecule has 2 saturated heterocycles. The van der Waals surface area contributed by atoms with Crippen LogP contribution in [-0.4, -0.2) is 42.5 Å². The van der Waals surface area contributed by atoms with E-state index in [4.69, 9.17) is 0 Å². The molecule has 1 aromatic carbocycles. The minimum atomic E-state index is 0.0882. The van der Waals surface area contributed by atoms with Gasteiger partial charge in [0.2, 0.25) is 5.91 Å². The molecule has 2 aliphatic heterocycles. The first kappa shape index (κ1) is 14.5. The number of carbonyl (C=O) groups excluding carboxylic acids is 1. The van der Waals surface area contributed by atoms with Gasteiger partial charge in [0.1, 0.15) is 0 Å². The van der Waals surface area contributed by atoms with Crippen LogP contribution in [0.1, 0.15) is 19.4 Å². The SMILES string of the molecule is Cc1ccccc1NC(=O)CN1CC2CNCC2C1(C)C. The molecule has 1 amide bonds. The molecule has 2 atom stereocenters. The lowest BCUT2D eigenvalue weighted by Gasteiger charge is -2.35. The van der Waals surface area contributed by atoms with Gasteiger partial charge < -0.3 is 10.6 Å². The van der Waals surface area contributed by atoms with Crippen molar-refractivity contribution in [2.45, 2.75) is 26.3 Å². The molecule has 21 heavy (non-hydrogen) atoms. The van der Waals surface area contributed by atoms with E-state index in [1.54, 1.807) is 0 Å². The fraction of sp³-hybridized carbons (Fsp3) is 0.588. The van der Waals surface area contributed by atoms with Gasteiger partial charge in [0.05, 0.1) is 6.54 Å². The highest BCUT2D eigenvalue weighted by Gasteiger charge is 2.49. The van der Waals surface area contributed by atoms with Crippen molar-refractivity contribution >= 4 is 11.6 Å². The fourth-order valence-electron chi connectivity index (χ4n) is 3.85. The van der Waals surface area contributed by atoms with Crippen LogP contribution >= 0.6 is 0 Å². The average Bonchev–Trinajstić information content (AvgIpc) is 2.97. The van der Waals surface area contributed by atoms with Crippen LogP contribution in [0.2, 0.25) is 0 Å². The summed E-state index contributed by atoms with van der Waals surface area (Å²) in [5.41, 5.74) is 2.12. The summed E-state index contributed by atoms with van der Waals surface area (Å²) in [6.07, 6.45) is 0. The van der Waals surface area contributed by atoms with Gasteiger partial charge in [-0.1, -0.05) is 18.2 Å². The Kier molecular flexibility index (Phi) is 3.76. The number of carbonyl (C=O) groups is 1. The predicted octanol–water partition coefficient (Wildman–Crippen LogP) is 1.86. The monoisotopic (exact) mass is 287 g/mol. The standard InChI is InChI=1S/C17H25N3O/c1-12-6-4-5-7-15(12)19-16(21)11-20-10-13-8-18-9-14(13)17(20,2)3/h4-7,13-14,18H,8-11H2,1-3H3,(H,19,21). The third kappa shape index (κ3) is 2.70. The largest absolute Gasteiger partial charge is 0.325 e. The minimum absolute atomic E-state index is 0.0882. The second-order valence-electron chi connectivity index (χ2n) is 6.92. The van der Waals surface area contributed by atoms with Crippen LogP contribution in [0.5, 0.6) is 0 Å². The Bertz CT molecular complexity index is 541. The van der Waals surface area contributed by atoms with Crippen molar-refractivity contribution in [3.8, 4) is 0 Å². The van der Waals surface area contributed by atoms with Crippen molar-refractivity contribution in [2.24, 2.45) is 11.8 Å². The number of amides is 1. The van der Waals surface area contributed by atoms with E-state index in [1.807, 2.05) is 31.2 Å². The van der Waals surface area contributed by atoms with E-state index in [-0.39, 0.29) is 11.4 Å². The van der Waals surface area contributed by atoms with Crippen LogP contribution in [0.4, 0.5) is 5.69 Å². The summed E-state index contributed by atoms with van der Waals surface area (Å²) in [6.45, 7) is 10.2. The summed E-state index contributed by atoms with van der Waals surface area (Å²) >= 11 is 0. The fourth-order valence-corrected chi connectivity index (χ4v) is 3.85. The molecule has 0 bridgehead atoms. The lowest BCUT2D eigenvalue weighted by Crippen LogP contribution is -2.47. The molecule has 3 rings (SSSR count). The van der Waals surface area contributed by atoms with Crippen LogP contribution in [0.3, 0.4) is 0 Å². The van der Waals surface area contributed by atoms with Gasteiger partial charge in [0.15, 0.2) is 0 Å². The first-order chi connectivity index (χ1) is 9.98. The maximum atomic E-state index is 12.4. The minimum Gasteiger partial charge on any atom is -0.325 e. The van der Waals surface area contributed by atoms with Gasteiger partial charge in [0, 0.05) is 24.3 Å². The lowest BCUT2D eigenvalue weighted by atomic mass is 9.85. The van der Waals surface area contributed by atoms with Crippen molar-refractivity contribution in [3.63, 3.8) is 0 Å². The number of rotatable bonds is 3. The van der Waals surface area contributed by atoms with Crippen LogP contribution in [0.15, 0.2) is 24.3 Å².